The van der Waals surface area contributed by atoms with Crippen molar-refractivity contribution in [3.05, 3.63) is 40.6 Å². The molecule has 0 saturated carbocycles. The third-order valence-electron chi connectivity index (χ3n) is 3.80. The first-order valence-electron chi connectivity index (χ1n) is 6.74. The van der Waals surface area contributed by atoms with Crippen LogP contribution in [0.25, 0.3) is 11.1 Å². The predicted molar refractivity (Wildman–Crippen MR) is 81.2 cm³/mol. The van der Waals surface area contributed by atoms with Crippen LogP contribution in [0.5, 0.6) is 0 Å². The maximum Gasteiger partial charge on any atom is 0.0571 e. The van der Waals surface area contributed by atoms with Crippen LogP contribution >= 0.6 is 15.9 Å². The summed E-state index contributed by atoms with van der Waals surface area (Å²) >= 11 is 3.55. The zero-order valence-corrected chi connectivity index (χ0v) is 12.7. The molecule has 4 heteroatoms. The summed E-state index contributed by atoms with van der Waals surface area (Å²) in [6, 6.07) is 8.45. The van der Waals surface area contributed by atoms with E-state index in [-0.39, 0.29) is 0 Å². The second-order valence-electron chi connectivity index (χ2n) is 5.12. The zero-order valence-electron chi connectivity index (χ0n) is 11.1. The second-order valence-corrected chi connectivity index (χ2v) is 6.04. The van der Waals surface area contributed by atoms with Crippen LogP contribution < -0.4 is 5.32 Å². The molecule has 1 fully saturated rings. The van der Waals surface area contributed by atoms with Crippen molar-refractivity contribution < 1.29 is 0 Å². The lowest BCUT2D eigenvalue weighted by atomic mass is 9.91. The molecule has 1 saturated heterocycles. The molecule has 1 aliphatic rings. The molecule has 3 nitrogen and oxygen atoms in total. The average molecular weight is 320 g/mol. The zero-order chi connectivity index (χ0) is 13.2. The SMILES string of the molecule is Cn1ncc(-c2cccc(Br)c2)c1C1CCCNC1. The molecule has 3 rings (SSSR count). The Hall–Kier alpha value is -1.13. The number of aromatic nitrogens is 2. The minimum absolute atomic E-state index is 0.565. The highest BCUT2D eigenvalue weighted by Gasteiger charge is 2.22. The van der Waals surface area contributed by atoms with Gasteiger partial charge in [0.05, 0.1) is 11.9 Å². The minimum atomic E-state index is 0.565. The molecule has 0 bridgehead atoms. The summed E-state index contributed by atoms with van der Waals surface area (Å²) in [5.41, 5.74) is 3.85. The number of nitrogens with one attached hydrogen (secondary N) is 1. The molecule has 1 aliphatic heterocycles. The Labute approximate surface area is 122 Å². The van der Waals surface area contributed by atoms with Crippen LogP contribution in [0, 0.1) is 0 Å². The van der Waals surface area contributed by atoms with Crippen LogP contribution in [0.3, 0.4) is 0 Å². The first-order chi connectivity index (χ1) is 9.25. The summed E-state index contributed by atoms with van der Waals surface area (Å²) in [5, 5.41) is 7.96. The fraction of sp³-hybridized carbons (Fsp3) is 0.400. The number of piperidine rings is 1. The van der Waals surface area contributed by atoms with Gasteiger partial charge in [-0.25, -0.2) is 0 Å². The largest absolute Gasteiger partial charge is 0.316 e. The molecular formula is C15H18BrN3. The molecule has 1 unspecified atom stereocenters. The summed E-state index contributed by atoms with van der Waals surface area (Å²) < 4.78 is 3.15. The van der Waals surface area contributed by atoms with Crippen LogP contribution in [-0.4, -0.2) is 22.9 Å². The Morgan fingerprint density at radius 3 is 3.05 bits per heavy atom. The van der Waals surface area contributed by atoms with Gasteiger partial charge in [-0.2, -0.15) is 5.10 Å². The van der Waals surface area contributed by atoms with Crippen LogP contribution in [0.15, 0.2) is 34.9 Å². The molecule has 1 N–H and O–H groups in total. The molecule has 2 aromatic rings. The van der Waals surface area contributed by atoms with Gasteiger partial charge in [0.15, 0.2) is 0 Å². The van der Waals surface area contributed by atoms with E-state index in [1.807, 2.05) is 17.9 Å². The van der Waals surface area contributed by atoms with Gasteiger partial charge >= 0.3 is 0 Å². The lowest BCUT2D eigenvalue weighted by Crippen LogP contribution is -2.29. The van der Waals surface area contributed by atoms with Gasteiger partial charge in [-0.15, -0.1) is 0 Å². The molecule has 0 amide bonds. The number of halogens is 1. The third-order valence-corrected chi connectivity index (χ3v) is 4.30. The number of benzene rings is 1. The van der Waals surface area contributed by atoms with E-state index in [9.17, 15) is 0 Å². The molecule has 0 aliphatic carbocycles. The van der Waals surface area contributed by atoms with Gasteiger partial charge in [-0.1, -0.05) is 28.1 Å². The van der Waals surface area contributed by atoms with Gasteiger partial charge in [-0.3, -0.25) is 4.68 Å². The van der Waals surface area contributed by atoms with Crippen molar-refractivity contribution >= 4 is 15.9 Å². The quantitative estimate of drug-likeness (QED) is 0.920. The van der Waals surface area contributed by atoms with E-state index < -0.39 is 0 Å². The Morgan fingerprint density at radius 1 is 1.42 bits per heavy atom. The normalized spacial score (nSPS) is 19.6. The number of rotatable bonds is 2. The van der Waals surface area contributed by atoms with Gasteiger partial charge in [0.25, 0.3) is 0 Å². The molecule has 2 heterocycles. The first kappa shape index (κ1) is 12.9. The molecule has 19 heavy (non-hydrogen) atoms. The van der Waals surface area contributed by atoms with Crippen LogP contribution in [-0.2, 0) is 7.05 Å². The van der Waals surface area contributed by atoms with Gasteiger partial charge in [0.1, 0.15) is 0 Å². The fourth-order valence-electron chi connectivity index (χ4n) is 2.89. The summed E-state index contributed by atoms with van der Waals surface area (Å²) in [4.78, 5) is 0. The van der Waals surface area contributed by atoms with Gasteiger partial charge in [0.2, 0.25) is 0 Å². The maximum absolute atomic E-state index is 4.47. The minimum Gasteiger partial charge on any atom is -0.316 e. The van der Waals surface area contributed by atoms with Crippen molar-refractivity contribution in [1.29, 1.82) is 0 Å². The first-order valence-corrected chi connectivity index (χ1v) is 7.53. The molecule has 0 spiro atoms. The van der Waals surface area contributed by atoms with Crippen molar-refractivity contribution in [2.24, 2.45) is 7.05 Å². The van der Waals surface area contributed by atoms with E-state index in [4.69, 9.17) is 0 Å². The lowest BCUT2D eigenvalue weighted by Gasteiger charge is -2.24. The number of aryl methyl sites for hydroxylation is 1. The molecule has 100 valence electrons. The smallest absolute Gasteiger partial charge is 0.0571 e. The van der Waals surface area contributed by atoms with E-state index in [0.29, 0.717) is 5.92 Å². The summed E-state index contributed by atoms with van der Waals surface area (Å²) in [7, 11) is 2.05. The summed E-state index contributed by atoms with van der Waals surface area (Å²) in [5.74, 6) is 0.565. The Kier molecular flexibility index (Phi) is 3.71. The number of hydrogen-bond donors (Lipinski definition) is 1. The van der Waals surface area contributed by atoms with Crippen LogP contribution in [0.4, 0.5) is 0 Å². The molecule has 1 aromatic heterocycles. The molecule has 1 atom stereocenters. The second kappa shape index (κ2) is 5.47. The summed E-state index contributed by atoms with van der Waals surface area (Å²) in [6.45, 7) is 2.20. The average Bonchev–Trinajstić information content (AvgIpc) is 2.82. The monoisotopic (exact) mass is 319 g/mol. The van der Waals surface area contributed by atoms with E-state index >= 15 is 0 Å². The van der Waals surface area contributed by atoms with Gasteiger partial charge in [0, 0.05) is 29.5 Å². The topological polar surface area (TPSA) is 29.9 Å². The standard InChI is InChI=1S/C15H18BrN3/c1-19-15(12-5-3-7-17-9-12)14(10-18-19)11-4-2-6-13(16)8-11/h2,4,6,8,10,12,17H,3,5,7,9H2,1H3. The molecule has 0 radical (unpaired) electrons. The van der Waals surface area contributed by atoms with E-state index in [1.165, 1.54) is 29.7 Å². The van der Waals surface area contributed by atoms with Crippen LogP contribution in [0.2, 0.25) is 0 Å². The number of nitrogens with zero attached hydrogens (tertiary/aromatic N) is 2. The van der Waals surface area contributed by atoms with E-state index in [1.54, 1.807) is 0 Å². The van der Waals surface area contributed by atoms with Crippen molar-refractivity contribution in [2.75, 3.05) is 13.1 Å². The van der Waals surface area contributed by atoms with E-state index in [0.717, 1.165) is 17.6 Å². The van der Waals surface area contributed by atoms with Crippen molar-refractivity contribution in [3.63, 3.8) is 0 Å². The van der Waals surface area contributed by atoms with Gasteiger partial charge < -0.3 is 5.32 Å². The van der Waals surface area contributed by atoms with Crippen LogP contribution in [0.1, 0.15) is 24.5 Å². The van der Waals surface area contributed by atoms with E-state index in [2.05, 4.69) is 50.6 Å². The molecule has 1 aromatic carbocycles. The highest BCUT2D eigenvalue weighted by molar-refractivity contribution is 9.10. The Morgan fingerprint density at radius 2 is 2.32 bits per heavy atom. The Bertz CT molecular complexity index is 571. The van der Waals surface area contributed by atoms with Crippen molar-refractivity contribution in [3.8, 4) is 11.1 Å². The Balaban J connectivity index is 2.02. The highest BCUT2D eigenvalue weighted by atomic mass is 79.9. The third kappa shape index (κ3) is 2.60. The summed E-state index contributed by atoms with van der Waals surface area (Å²) in [6.07, 6.45) is 4.48. The van der Waals surface area contributed by atoms with Crippen molar-refractivity contribution in [2.45, 2.75) is 18.8 Å². The maximum atomic E-state index is 4.47. The van der Waals surface area contributed by atoms with Crippen molar-refractivity contribution in [1.82, 2.24) is 15.1 Å². The predicted octanol–water partition coefficient (Wildman–Crippen LogP) is 3.32. The number of hydrogen-bond acceptors (Lipinski definition) is 2. The fourth-order valence-corrected chi connectivity index (χ4v) is 3.29. The highest BCUT2D eigenvalue weighted by Crippen LogP contribution is 2.33. The lowest BCUT2D eigenvalue weighted by molar-refractivity contribution is 0.442. The molecular weight excluding hydrogens is 302 g/mol. The van der Waals surface area contributed by atoms with Gasteiger partial charge in [-0.05, 0) is 37.1 Å².